The van der Waals surface area contributed by atoms with Crippen molar-refractivity contribution in [2.45, 2.75) is 32.0 Å². The number of benzene rings is 2. The van der Waals surface area contributed by atoms with E-state index in [0.717, 1.165) is 28.4 Å². The van der Waals surface area contributed by atoms with Crippen LogP contribution in [-0.4, -0.2) is 29.2 Å². The Labute approximate surface area is 162 Å². The molecule has 1 fully saturated rings. The van der Waals surface area contributed by atoms with E-state index in [9.17, 15) is 9.90 Å². The summed E-state index contributed by atoms with van der Waals surface area (Å²) in [5.74, 6) is 0.113. The first-order valence-corrected chi connectivity index (χ1v) is 9.70. The van der Waals surface area contributed by atoms with E-state index in [4.69, 9.17) is 4.74 Å². The molecule has 0 aromatic heterocycles. The van der Waals surface area contributed by atoms with Gasteiger partial charge in [-0.15, -0.1) is 0 Å². The van der Waals surface area contributed by atoms with Crippen molar-refractivity contribution in [2.24, 2.45) is 5.92 Å². The highest BCUT2D eigenvalue weighted by atomic mass is 79.9. The smallest absolute Gasteiger partial charge is 0.410 e. The molecule has 2 aromatic carbocycles. The van der Waals surface area contributed by atoms with Gasteiger partial charge in [-0.25, -0.2) is 4.79 Å². The molecule has 1 unspecified atom stereocenters. The van der Waals surface area contributed by atoms with Crippen molar-refractivity contribution in [3.8, 4) is 0 Å². The normalized spacial score (nSPS) is 17.6. The van der Waals surface area contributed by atoms with Crippen LogP contribution in [0.5, 0.6) is 0 Å². The van der Waals surface area contributed by atoms with Crippen molar-refractivity contribution >= 4 is 22.0 Å². The largest absolute Gasteiger partial charge is 0.445 e. The average Bonchev–Trinajstić information content (AvgIpc) is 2.67. The van der Waals surface area contributed by atoms with E-state index in [1.807, 2.05) is 61.5 Å². The second-order valence-electron chi connectivity index (χ2n) is 6.96. The summed E-state index contributed by atoms with van der Waals surface area (Å²) in [6.07, 6.45) is 1.23. The van der Waals surface area contributed by atoms with Crippen molar-refractivity contribution in [3.63, 3.8) is 0 Å². The number of carbonyl (C=O) groups is 1. The molecule has 0 aliphatic carbocycles. The molecule has 138 valence electrons. The minimum atomic E-state index is -0.902. The number of ether oxygens (including phenoxy) is 1. The predicted octanol–water partition coefficient (Wildman–Crippen LogP) is 4.71. The fraction of sp³-hybridized carbons (Fsp3) is 0.381. The third-order valence-electron chi connectivity index (χ3n) is 5.18. The Hall–Kier alpha value is -1.85. The molecule has 0 spiro atoms. The van der Waals surface area contributed by atoms with Gasteiger partial charge in [0.25, 0.3) is 0 Å². The Bertz CT molecular complexity index is 723. The number of carbonyl (C=O) groups excluding carboxylic acids is 1. The lowest BCUT2D eigenvalue weighted by molar-refractivity contribution is -0.0328. The van der Waals surface area contributed by atoms with E-state index in [2.05, 4.69) is 15.9 Å². The van der Waals surface area contributed by atoms with Crippen molar-refractivity contribution in [3.05, 3.63) is 70.2 Å². The highest BCUT2D eigenvalue weighted by Crippen LogP contribution is 2.36. The van der Waals surface area contributed by atoms with E-state index < -0.39 is 5.60 Å². The van der Waals surface area contributed by atoms with E-state index in [1.54, 1.807) is 4.90 Å². The first-order valence-electron chi connectivity index (χ1n) is 8.91. The van der Waals surface area contributed by atoms with Gasteiger partial charge in [-0.2, -0.15) is 0 Å². The number of hydrogen-bond donors (Lipinski definition) is 1. The van der Waals surface area contributed by atoms with Crippen LogP contribution in [0.4, 0.5) is 4.79 Å². The van der Waals surface area contributed by atoms with Crippen LogP contribution in [0, 0.1) is 5.92 Å². The van der Waals surface area contributed by atoms with Crippen LogP contribution in [0.2, 0.25) is 0 Å². The lowest BCUT2D eigenvalue weighted by atomic mass is 9.77. The van der Waals surface area contributed by atoms with E-state index in [0.29, 0.717) is 13.1 Å². The van der Waals surface area contributed by atoms with Gasteiger partial charge in [0.05, 0.1) is 5.60 Å². The molecule has 2 aromatic rings. The van der Waals surface area contributed by atoms with Gasteiger partial charge in [-0.05, 0) is 48.9 Å². The number of hydrogen-bond acceptors (Lipinski definition) is 3. The van der Waals surface area contributed by atoms with Crippen LogP contribution in [-0.2, 0) is 16.9 Å². The molecule has 0 saturated carbocycles. The molecular formula is C21H24BrNO3. The summed E-state index contributed by atoms with van der Waals surface area (Å²) >= 11 is 3.42. The van der Waals surface area contributed by atoms with Crippen molar-refractivity contribution < 1.29 is 14.6 Å². The summed E-state index contributed by atoms with van der Waals surface area (Å²) in [6, 6.07) is 17.5. The Morgan fingerprint density at radius 2 is 1.77 bits per heavy atom. The SMILES string of the molecule is CC(O)(c1ccc(Br)cc1)C1CCN(C(=O)OCc2ccccc2)CC1. The number of nitrogens with zero attached hydrogens (tertiary/aromatic N) is 1. The number of likely N-dealkylation sites (tertiary alicyclic amines) is 1. The van der Waals surface area contributed by atoms with Crippen molar-refractivity contribution in [1.29, 1.82) is 0 Å². The average molecular weight is 418 g/mol. The van der Waals surface area contributed by atoms with Crippen LogP contribution >= 0.6 is 15.9 Å². The minimum Gasteiger partial charge on any atom is -0.445 e. The summed E-state index contributed by atoms with van der Waals surface area (Å²) in [5.41, 5.74) is 0.987. The van der Waals surface area contributed by atoms with Gasteiger partial charge in [0.15, 0.2) is 0 Å². The maximum atomic E-state index is 12.3. The number of amides is 1. The fourth-order valence-corrected chi connectivity index (χ4v) is 3.72. The van der Waals surface area contributed by atoms with Crippen molar-refractivity contribution in [1.82, 2.24) is 4.90 Å². The van der Waals surface area contributed by atoms with Crippen LogP contribution in [0.25, 0.3) is 0 Å². The van der Waals surface area contributed by atoms with Gasteiger partial charge in [0.1, 0.15) is 6.61 Å². The molecule has 1 aliphatic rings. The Kier molecular flexibility index (Phi) is 5.99. The maximum absolute atomic E-state index is 12.3. The highest BCUT2D eigenvalue weighted by Gasteiger charge is 2.37. The zero-order valence-electron chi connectivity index (χ0n) is 14.9. The van der Waals surface area contributed by atoms with Gasteiger partial charge in [-0.3, -0.25) is 0 Å². The molecular weight excluding hydrogens is 394 g/mol. The fourth-order valence-electron chi connectivity index (χ4n) is 3.46. The second-order valence-corrected chi connectivity index (χ2v) is 7.87. The van der Waals surface area contributed by atoms with Crippen LogP contribution in [0.1, 0.15) is 30.9 Å². The molecule has 5 heteroatoms. The molecule has 1 amide bonds. The minimum absolute atomic E-state index is 0.113. The van der Waals surface area contributed by atoms with Crippen LogP contribution in [0.15, 0.2) is 59.1 Å². The van der Waals surface area contributed by atoms with E-state index >= 15 is 0 Å². The van der Waals surface area contributed by atoms with Gasteiger partial charge in [0.2, 0.25) is 0 Å². The summed E-state index contributed by atoms with van der Waals surface area (Å²) in [7, 11) is 0. The Morgan fingerprint density at radius 3 is 2.38 bits per heavy atom. The summed E-state index contributed by atoms with van der Waals surface area (Å²) in [6.45, 7) is 3.36. The molecule has 1 aliphatic heterocycles. The standard InChI is InChI=1S/C21H24BrNO3/c1-21(25,17-7-9-19(22)10-8-17)18-11-13-23(14-12-18)20(24)26-15-16-5-3-2-4-6-16/h2-10,18,25H,11-15H2,1H3. The molecule has 0 bridgehead atoms. The predicted molar refractivity (Wildman–Crippen MR) is 105 cm³/mol. The van der Waals surface area contributed by atoms with Crippen LogP contribution < -0.4 is 0 Å². The molecule has 4 nitrogen and oxygen atoms in total. The third kappa shape index (κ3) is 4.46. The molecule has 26 heavy (non-hydrogen) atoms. The molecule has 0 radical (unpaired) electrons. The van der Waals surface area contributed by atoms with Crippen molar-refractivity contribution in [2.75, 3.05) is 13.1 Å². The number of rotatable bonds is 4. The summed E-state index contributed by atoms with van der Waals surface area (Å²) in [4.78, 5) is 14.0. The first-order chi connectivity index (χ1) is 12.5. The monoisotopic (exact) mass is 417 g/mol. The zero-order valence-corrected chi connectivity index (χ0v) is 16.5. The lowest BCUT2D eigenvalue weighted by Gasteiger charge is -2.39. The molecule has 3 rings (SSSR count). The third-order valence-corrected chi connectivity index (χ3v) is 5.71. The lowest BCUT2D eigenvalue weighted by Crippen LogP contribution is -2.44. The van der Waals surface area contributed by atoms with E-state index in [1.165, 1.54) is 0 Å². The second kappa shape index (κ2) is 8.23. The summed E-state index contributed by atoms with van der Waals surface area (Å²) in [5, 5.41) is 11.0. The number of piperidine rings is 1. The van der Waals surface area contributed by atoms with Gasteiger partial charge >= 0.3 is 6.09 Å². The molecule has 1 N–H and O–H groups in total. The van der Waals surface area contributed by atoms with E-state index in [-0.39, 0.29) is 18.6 Å². The van der Waals surface area contributed by atoms with Gasteiger partial charge < -0.3 is 14.7 Å². The zero-order chi connectivity index (χ0) is 18.6. The molecule has 1 saturated heterocycles. The highest BCUT2D eigenvalue weighted by molar-refractivity contribution is 9.10. The Morgan fingerprint density at radius 1 is 1.15 bits per heavy atom. The summed E-state index contributed by atoms with van der Waals surface area (Å²) < 4.78 is 6.40. The van der Waals surface area contributed by atoms with Crippen LogP contribution in [0.3, 0.4) is 0 Å². The quantitative estimate of drug-likeness (QED) is 0.783. The van der Waals surface area contributed by atoms with Gasteiger partial charge in [-0.1, -0.05) is 58.4 Å². The maximum Gasteiger partial charge on any atom is 0.410 e. The molecule has 1 atom stereocenters. The number of aliphatic hydroxyl groups is 1. The first kappa shape index (κ1) is 18.9. The number of halogens is 1. The Balaban J connectivity index is 1.53. The van der Waals surface area contributed by atoms with Gasteiger partial charge in [0, 0.05) is 17.6 Å². The molecule has 1 heterocycles. The topological polar surface area (TPSA) is 49.8 Å².